The van der Waals surface area contributed by atoms with Crippen molar-refractivity contribution >= 4 is 61.6 Å². The third-order valence-corrected chi connectivity index (χ3v) is 4.98. The second kappa shape index (κ2) is 9.80. The monoisotopic (exact) mass is 566 g/mol. The molecule has 2 aromatic carbocycles. The first kappa shape index (κ1) is 21.2. The second-order valence-corrected chi connectivity index (χ2v) is 7.83. The van der Waals surface area contributed by atoms with Crippen LogP contribution in [0.4, 0.5) is 0 Å². The number of carbonyl (C=O) groups is 1. The maximum absolute atomic E-state index is 12.3. The summed E-state index contributed by atoms with van der Waals surface area (Å²) in [7, 11) is 0. The highest BCUT2D eigenvalue weighted by Crippen LogP contribution is 2.29. The summed E-state index contributed by atoms with van der Waals surface area (Å²) in [5.41, 5.74) is 3.85. The number of ether oxygens (including phenoxy) is 2. The van der Waals surface area contributed by atoms with Crippen LogP contribution in [0.1, 0.15) is 23.0 Å². The van der Waals surface area contributed by atoms with Crippen molar-refractivity contribution in [3.05, 3.63) is 55.8 Å². The molecule has 0 radical (unpaired) electrons. The molecule has 0 atom stereocenters. The average molecular weight is 567 g/mol. The zero-order chi connectivity index (χ0) is 20.8. The number of halogens is 2. The standard InChI is InChI=1S/C21H16BrIN2O4/c1-3-7-28-17-6-5-13(8-18(17)27-4-2)12-24-25-21(26)19-10-14-9-15(22)11-16(23)20(14)29-19/h1,5-6,8-12H,4,7H2,2H3,(H,25,26)/b24-12-. The molecular weight excluding hydrogens is 551 g/mol. The summed E-state index contributed by atoms with van der Waals surface area (Å²) < 4.78 is 18.5. The Kier molecular flexibility index (Phi) is 7.17. The number of fused-ring (bicyclic) bond motifs is 1. The highest BCUT2D eigenvalue weighted by Gasteiger charge is 2.14. The van der Waals surface area contributed by atoms with Crippen molar-refractivity contribution in [1.82, 2.24) is 5.43 Å². The molecule has 0 saturated heterocycles. The zero-order valence-electron chi connectivity index (χ0n) is 15.4. The third kappa shape index (κ3) is 5.31. The van der Waals surface area contributed by atoms with E-state index in [0.29, 0.717) is 23.7 Å². The van der Waals surface area contributed by atoms with Gasteiger partial charge >= 0.3 is 5.91 Å². The Morgan fingerprint density at radius 3 is 2.90 bits per heavy atom. The first-order valence-electron chi connectivity index (χ1n) is 8.57. The number of hydrazone groups is 1. The number of hydrogen-bond donors (Lipinski definition) is 1. The van der Waals surface area contributed by atoms with E-state index >= 15 is 0 Å². The first-order valence-corrected chi connectivity index (χ1v) is 10.4. The molecule has 0 spiro atoms. The van der Waals surface area contributed by atoms with Gasteiger partial charge in [0.1, 0.15) is 12.2 Å². The fraction of sp³-hybridized carbons (Fsp3) is 0.143. The average Bonchev–Trinajstić information content (AvgIpc) is 3.12. The van der Waals surface area contributed by atoms with Crippen LogP contribution in [0.15, 0.2) is 50.4 Å². The van der Waals surface area contributed by atoms with Gasteiger partial charge in [-0.25, -0.2) is 5.43 Å². The minimum atomic E-state index is -0.441. The molecule has 0 fully saturated rings. The Morgan fingerprint density at radius 1 is 1.31 bits per heavy atom. The fourth-order valence-corrected chi connectivity index (χ4v) is 4.18. The summed E-state index contributed by atoms with van der Waals surface area (Å²) in [5.74, 6) is 3.26. The second-order valence-electron chi connectivity index (χ2n) is 5.75. The Balaban J connectivity index is 1.72. The Labute approximate surface area is 189 Å². The van der Waals surface area contributed by atoms with Gasteiger partial charge in [-0.05, 0) is 71.5 Å². The predicted molar refractivity (Wildman–Crippen MR) is 124 cm³/mol. The number of nitrogens with one attached hydrogen (secondary N) is 1. The van der Waals surface area contributed by atoms with E-state index in [1.165, 1.54) is 6.21 Å². The number of furan rings is 1. The van der Waals surface area contributed by atoms with E-state index in [1.807, 2.05) is 19.1 Å². The quantitative estimate of drug-likeness (QED) is 0.190. The summed E-state index contributed by atoms with van der Waals surface area (Å²) in [6.07, 6.45) is 6.73. The molecular formula is C21H16BrIN2O4. The van der Waals surface area contributed by atoms with Crippen molar-refractivity contribution in [2.75, 3.05) is 13.2 Å². The lowest BCUT2D eigenvalue weighted by molar-refractivity contribution is 0.0929. The van der Waals surface area contributed by atoms with Gasteiger partial charge in [-0.1, -0.05) is 21.9 Å². The lowest BCUT2D eigenvalue weighted by atomic mass is 10.2. The Hall–Kier alpha value is -2.51. The van der Waals surface area contributed by atoms with Crippen molar-refractivity contribution < 1.29 is 18.7 Å². The van der Waals surface area contributed by atoms with Crippen molar-refractivity contribution in [1.29, 1.82) is 0 Å². The molecule has 0 aliphatic rings. The molecule has 3 aromatic rings. The summed E-state index contributed by atoms with van der Waals surface area (Å²) >= 11 is 5.59. The third-order valence-electron chi connectivity index (χ3n) is 3.72. The predicted octanol–water partition coefficient (Wildman–Crippen LogP) is 4.97. The normalized spacial score (nSPS) is 10.8. The molecule has 0 bridgehead atoms. The summed E-state index contributed by atoms with van der Waals surface area (Å²) in [6.45, 7) is 2.50. The van der Waals surface area contributed by atoms with E-state index in [4.69, 9.17) is 20.3 Å². The largest absolute Gasteiger partial charge is 0.490 e. The minimum absolute atomic E-state index is 0.149. The maximum atomic E-state index is 12.3. The molecule has 3 rings (SSSR count). The SMILES string of the molecule is C#CCOc1ccc(/C=N\NC(=O)c2cc3cc(Br)cc(I)c3o2)cc1OCC. The highest BCUT2D eigenvalue weighted by molar-refractivity contribution is 14.1. The van der Waals surface area contributed by atoms with Crippen LogP contribution >= 0.6 is 38.5 Å². The van der Waals surface area contributed by atoms with Gasteiger partial charge in [0.25, 0.3) is 0 Å². The topological polar surface area (TPSA) is 73.1 Å². The van der Waals surface area contributed by atoms with Crippen LogP contribution < -0.4 is 14.9 Å². The molecule has 1 N–H and O–H groups in total. The molecule has 0 unspecified atom stereocenters. The molecule has 0 aliphatic carbocycles. The molecule has 1 amide bonds. The van der Waals surface area contributed by atoms with Gasteiger partial charge in [0.05, 0.1) is 16.4 Å². The van der Waals surface area contributed by atoms with Crippen molar-refractivity contribution in [3.8, 4) is 23.8 Å². The molecule has 6 nitrogen and oxygen atoms in total. The van der Waals surface area contributed by atoms with Crippen LogP contribution in [0.25, 0.3) is 11.0 Å². The number of carbonyl (C=O) groups excluding carboxylic acids is 1. The lowest BCUT2D eigenvalue weighted by Gasteiger charge is -2.10. The van der Waals surface area contributed by atoms with Gasteiger partial charge in [0, 0.05) is 9.86 Å². The van der Waals surface area contributed by atoms with E-state index in [0.717, 1.165) is 19.0 Å². The van der Waals surface area contributed by atoms with Crippen LogP contribution in [0.5, 0.6) is 11.5 Å². The molecule has 8 heteroatoms. The summed E-state index contributed by atoms with van der Waals surface area (Å²) in [5, 5.41) is 4.83. The van der Waals surface area contributed by atoms with Crippen molar-refractivity contribution in [2.45, 2.75) is 6.92 Å². The van der Waals surface area contributed by atoms with Gasteiger partial charge in [-0.3, -0.25) is 4.79 Å². The molecule has 29 heavy (non-hydrogen) atoms. The van der Waals surface area contributed by atoms with Crippen molar-refractivity contribution in [2.24, 2.45) is 5.10 Å². The summed E-state index contributed by atoms with van der Waals surface area (Å²) in [4.78, 5) is 12.3. The summed E-state index contributed by atoms with van der Waals surface area (Å²) in [6, 6.07) is 10.8. The Bertz CT molecular complexity index is 1120. The van der Waals surface area contributed by atoms with E-state index in [-0.39, 0.29) is 12.4 Å². The Morgan fingerprint density at radius 2 is 2.14 bits per heavy atom. The van der Waals surface area contributed by atoms with E-state index in [1.54, 1.807) is 24.3 Å². The molecule has 0 saturated carbocycles. The van der Waals surface area contributed by atoms with Crippen LogP contribution in [0.3, 0.4) is 0 Å². The smallest absolute Gasteiger partial charge is 0.307 e. The number of hydrogen-bond acceptors (Lipinski definition) is 5. The van der Waals surface area contributed by atoms with Gasteiger partial charge < -0.3 is 13.9 Å². The van der Waals surface area contributed by atoms with Crippen molar-refractivity contribution in [3.63, 3.8) is 0 Å². The van der Waals surface area contributed by atoms with Gasteiger partial charge in [0.15, 0.2) is 17.3 Å². The molecule has 0 aliphatic heterocycles. The highest BCUT2D eigenvalue weighted by atomic mass is 127. The fourth-order valence-electron chi connectivity index (χ4n) is 2.52. The lowest BCUT2D eigenvalue weighted by Crippen LogP contribution is -2.16. The molecule has 148 valence electrons. The van der Waals surface area contributed by atoms with Crippen LogP contribution in [0.2, 0.25) is 0 Å². The van der Waals surface area contributed by atoms with Gasteiger partial charge in [0.2, 0.25) is 0 Å². The number of amides is 1. The number of nitrogens with zero attached hydrogens (tertiary/aromatic N) is 1. The minimum Gasteiger partial charge on any atom is -0.490 e. The maximum Gasteiger partial charge on any atom is 0.307 e. The zero-order valence-corrected chi connectivity index (χ0v) is 19.1. The molecule has 1 heterocycles. The van der Waals surface area contributed by atoms with Crippen LogP contribution in [-0.2, 0) is 0 Å². The first-order chi connectivity index (χ1) is 14.0. The van der Waals surface area contributed by atoms with E-state index in [9.17, 15) is 4.79 Å². The van der Waals surface area contributed by atoms with Gasteiger partial charge in [-0.15, -0.1) is 6.42 Å². The van der Waals surface area contributed by atoms with Gasteiger partial charge in [-0.2, -0.15) is 5.10 Å². The molecule has 1 aromatic heterocycles. The van der Waals surface area contributed by atoms with Crippen LogP contribution in [-0.4, -0.2) is 25.3 Å². The van der Waals surface area contributed by atoms with E-state index < -0.39 is 5.91 Å². The number of rotatable bonds is 7. The number of benzene rings is 2. The number of terminal acetylenes is 1. The van der Waals surface area contributed by atoms with E-state index in [2.05, 4.69) is 55.0 Å². The van der Waals surface area contributed by atoms with Crippen LogP contribution in [0, 0.1) is 15.9 Å².